The number of anilines is 1. The highest BCUT2D eigenvalue weighted by atomic mass is 16.6. The smallest absolute Gasteiger partial charge is 0.239 e. The summed E-state index contributed by atoms with van der Waals surface area (Å²) >= 11 is 0. The molecular weight excluding hydrogens is 320 g/mol. The molecule has 0 aliphatic carbocycles. The summed E-state index contributed by atoms with van der Waals surface area (Å²) in [5.74, 6) is 2.06. The molecular formula is C19H22N2O4. The first-order chi connectivity index (χ1) is 12.3. The molecule has 1 aliphatic heterocycles. The molecule has 2 N–H and O–H groups in total. The largest absolute Gasteiger partial charge is 0.492 e. The fourth-order valence-corrected chi connectivity index (χ4v) is 2.52. The van der Waals surface area contributed by atoms with Crippen molar-refractivity contribution in [2.24, 2.45) is 0 Å². The van der Waals surface area contributed by atoms with Gasteiger partial charge in [-0.1, -0.05) is 24.3 Å². The average Bonchev–Trinajstić information content (AvgIpc) is 2.66. The lowest BCUT2D eigenvalue weighted by Crippen LogP contribution is -2.42. The molecule has 0 saturated carbocycles. The van der Waals surface area contributed by atoms with Crippen LogP contribution in [0.15, 0.2) is 48.5 Å². The van der Waals surface area contributed by atoms with Gasteiger partial charge in [0.15, 0.2) is 11.5 Å². The maximum absolute atomic E-state index is 12.1. The van der Waals surface area contributed by atoms with Crippen LogP contribution >= 0.6 is 0 Å². The Bertz CT molecular complexity index is 720. The van der Waals surface area contributed by atoms with Crippen molar-refractivity contribution < 1.29 is 19.0 Å². The highest BCUT2D eigenvalue weighted by Crippen LogP contribution is 2.30. The second kappa shape index (κ2) is 8.28. The van der Waals surface area contributed by atoms with E-state index in [0.29, 0.717) is 25.5 Å². The minimum Gasteiger partial charge on any atom is -0.492 e. The molecule has 132 valence electrons. The SMILES string of the molecule is CCOc1ccccc1NCC(=O)NCC1COc2ccccc2O1. The van der Waals surface area contributed by atoms with Crippen molar-refractivity contribution in [2.45, 2.75) is 13.0 Å². The number of para-hydroxylation sites is 4. The lowest BCUT2D eigenvalue weighted by Gasteiger charge is -2.26. The number of carbonyl (C=O) groups excluding carboxylic acids is 1. The minimum absolute atomic E-state index is 0.117. The summed E-state index contributed by atoms with van der Waals surface area (Å²) in [7, 11) is 0. The Kier molecular flexibility index (Phi) is 5.61. The molecule has 0 radical (unpaired) electrons. The monoisotopic (exact) mass is 342 g/mol. The number of hydrogen-bond acceptors (Lipinski definition) is 5. The third kappa shape index (κ3) is 4.56. The topological polar surface area (TPSA) is 68.8 Å². The predicted octanol–water partition coefficient (Wildman–Crippen LogP) is 2.45. The fraction of sp³-hybridized carbons (Fsp3) is 0.316. The van der Waals surface area contributed by atoms with Crippen molar-refractivity contribution in [1.82, 2.24) is 5.32 Å². The molecule has 25 heavy (non-hydrogen) atoms. The lowest BCUT2D eigenvalue weighted by molar-refractivity contribution is -0.119. The molecule has 2 aromatic carbocycles. The van der Waals surface area contributed by atoms with Crippen molar-refractivity contribution in [3.8, 4) is 17.2 Å². The molecule has 1 unspecified atom stereocenters. The van der Waals surface area contributed by atoms with E-state index < -0.39 is 0 Å². The van der Waals surface area contributed by atoms with Gasteiger partial charge in [0.25, 0.3) is 0 Å². The third-order valence-corrected chi connectivity index (χ3v) is 3.72. The quantitative estimate of drug-likeness (QED) is 0.809. The van der Waals surface area contributed by atoms with Gasteiger partial charge in [0, 0.05) is 0 Å². The first-order valence-electron chi connectivity index (χ1n) is 8.37. The zero-order valence-corrected chi connectivity index (χ0v) is 14.2. The van der Waals surface area contributed by atoms with E-state index in [0.717, 1.165) is 17.2 Å². The van der Waals surface area contributed by atoms with E-state index in [1.807, 2.05) is 55.5 Å². The number of ether oxygens (including phenoxy) is 3. The van der Waals surface area contributed by atoms with Gasteiger partial charge in [-0.3, -0.25) is 4.79 Å². The number of benzene rings is 2. The lowest BCUT2D eigenvalue weighted by atomic mass is 10.2. The number of nitrogens with one attached hydrogen (secondary N) is 2. The Labute approximate surface area is 147 Å². The van der Waals surface area contributed by atoms with Crippen LogP contribution in [0.1, 0.15) is 6.92 Å². The summed E-state index contributed by atoms with van der Waals surface area (Å²) in [6.07, 6.45) is -0.199. The van der Waals surface area contributed by atoms with Gasteiger partial charge in [-0.25, -0.2) is 0 Å². The number of carbonyl (C=O) groups is 1. The molecule has 0 saturated heterocycles. The Balaban J connectivity index is 1.45. The summed E-state index contributed by atoms with van der Waals surface area (Å²) in [6.45, 7) is 3.47. The van der Waals surface area contributed by atoms with Gasteiger partial charge in [0.2, 0.25) is 5.91 Å². The van der Waals surface area contributed by atoms with Gasteiger partial charge < -0.3 is 24.8 Å². The number of amides is 1. The van der Waals surface area contributed by atoms with Gasteiger partial charge in [-0.05, 0) is 31.2 Å². The summed E-state index contributed by atoms with van der Waals surface area (Å²) in [4.78, 5) is 12.1. The first-order valence-corrected chi connectivity index (χ1v) is 8.37. The van der Waals surface area contributed by atoms with Gasteiger partial charge in [-0.2, -0.15) is 0 Å². The Morgan fingerprint density at radius 3 is 2.76 bits per heavy atom. The summed E-state index contributed by atoms with van der Waals surface area (Å²) < 4.78 is 17.0. The Morgan fingerprint density at radius 2 is 1.92 bits per heavy atom. The van der Waals surface area contributed by atoms with E-state index in [1.165, 1.54) is 0 Å². The standard InChI is InChI=1S/C19H22N2O4/c1-2-23-16-8-4-3-7-15(16)20-12-19(22)21-11-14-13-24-17-9-5-6-10-18(17)25-14/h3-10,14,20H,2,11-13H2,1H3,(H,21,22). The molecule has 0 fully saturated rings. The summed E-state index contributed by atoms with van der Waals surface area (Å²) in [5.41, 5.74) is 0.797. The van der Waals surface area contributed by atoms with E-state index in [-0.39, 0.29) is 18.6 Å². The van der Waals surface area contributed by atoms with E-state index in [9.17, 15) is 4.79 Å². The van der Waals surface area contributed by atoms with Crippen molar-refractivity contribution in [1.29, 1.82) is 0 Å². The Morgan fingerprint density at radius 1 is 1.16 bits per heavy atom. The molecule has 1 aliphatic rings. The van der Waals surface area contributed by atoms with Crippen LogP contribution in [-0.4, -0.2) is 38.3 Å². The van der Waals surface area contributed by atoms with E-state index in [2.05, 4.69) is 10.6 Å². The van der Waals surface area contributed by atoms with Crippen molar-refractivity contribution in [2.75, 3.05) is 31.6 Å². The summed E-state index contributed by atoms with van der Waals surface area (Å²) in [5, 5.41) is 5.95. The number of rotatable bonds is 7. The van der Waals surface area contributed by atoms with Gasteiger partial charge in [-0.15, -0.1) is 0 Å². The van der Waals surface area contributed by atoms with Crippen LogP contribution in [0.3, 0.4) is 0 Å². The molecule has 1 heterocycles. The van der Waals surface area contributed by atoms with Crippen LogP contribution < -0.4 is 24.8 Å². The molecule has 0 spiro atoms. The fourth-order valence-electron chi connectivity index (χ4n) is 2.52. The maximum Gasteiger partial charge on any atom is 0.239 e. The molecule has 0 aromatic heterocycles. The maximum atomic E-state index is 12.1. The normalized spacial score (nSPS) is 15.3. The van der Waals surface area contributed by atoms with Crippen LogP contribution in [0.4, 0.5) is 5.69 Å². The second-order valence-electron chi connectivity index (χ2n) is 5.58. The minimum atomic E-state index is -0.199. The van der Waals surface area contributed by atoms with Gasteiger partial charge in [0.05, 0.1) is 25.4 Å². The van der Waals surface area contributed by atoms with Crippen molar-refractivity contribution in [3.05, 3.63) is 48.5 Å². The predicted molar refractivity (Wildman–Crippen MR) is 95.5 cm³/mol. The zero-order chi connectivity index (χ0) is 17.5. The van der Waals surface area contributed by atoms with Crippen molar-refractivity contribution in [3.63, 3.8) is 0 Å². The molecule has 1 amide bonds. The van der Waals surface area contributed by atoms with Crippen LogP contribution in [0.25, 0.3) is 0 Å². The molecule has 6 nitrogen and oxygen atoms in total. The Hall–Kier alpha value is -2.89. The van der Waals surface area contributed by atoms with E-state index in [1.54, 1.807) is 0 Å². The third-order valence-electron chi connectivity index (χ3n) is 3.72. The number of hydrogen-bond donors (Lipinski definition) is 2. The summed E-state index contributed by atoms with van der Waals surface area (Å²) in [6, 6.07) is 15.1. The molecule has 0 bridgehead atoms. The van der Waals surface area contributed by atoms with Gasteiger partial charge >= 0.3 is 0 Å². The number of fused-ring (bicyclic) bond motifs is 1. The highest BCUT2D eigenvalue weighted by Gasteiger charge is 2.20. The van der Waals surface area contributed by atoms with Crippen LogP contribution in [0, 0.1) is 0 Å². The van der Waals surface area contributed by atoms with E-state index >= 15 is 0 Å². The molecule has 1 atom stereocenters. The van der Waals surface area contributed by atoms with E-state index in [4.69, 9.17) is 14.2 Å². The highest BCUT2D eigenvalue weighted by molar-refractivity contribution is 5.81. The van der Waals surface area contributed by atoms with Gasteiger partial charge in [0.1, 0.15) is 18.5 Å². The molecule has 2 aromatic rings. The second-order valence-corrected chi connectivity index (χ2v) is 5.58. The molecule has 6 heteroatoms. The van der Waals surface area contributed by atoms with Crippen LogP contribution in [0.2, 0.25) is 0 Å². The van der Waals surface area contributed by atoms with Crippen LogP contribution in [0.5, 0.6) is 17.2 Å². The first kappa shape index (κ1) is 17.0. The average molecular weight is 342 g/mol. The molecule has 3 rings (SSSR count). The van der Waals surface area contributed by atoms with Crippen molar-refractivity contribution >= 4 is 11.6 Å². The van der Waals surface area contributed by atoms with Crippen LogP contribution in [-0.2, 0) is 4.79 Å². The zero-order valence-electron chi connectivity index (χ0n) is 14.2.